The summed E-state index contributed by atoms with van der Waals surface area (Å²) >= 11 is 0. The van der Waals surface area contributed by atoms with Crippen molar-refractivity contribution in [3.05, 3.63) is 12.2 Å². The van der Waals surface area contributed by atoms with Gasteiger partial charge in [-0.1, -0.05) is 13.5 Å². The van der Waals surface area contributed by atoms with Crippen LogP contribution >= 0.6 is 0 Å². The summed E-state index contributed by atoms with van der Waals surface area (Å²) in [7, 11) is -3.93. The fourth-order valence-corrected chi connectivity index (χ4v) is 1.75. The van der Waals surface area contributed by atoms with Gasteiger partial charge >= 0.3 is 0 Å². The minimum Gasteiger partial charge on any atom is -0.298 e. The maximum atomic E-state index is 10.3. The predicted octanol–water partition coefficient (Wildman–Crippen LogP) is 0.655. The molecule has 0 radical (unpaired) electrons. The summed E-state index contributed by atoms with van der Waals surface area (Å²) in [5, 5.41) is 0. The summed E-state index contributed by atoms with van der Waals surface area (Å²) in [6, 6.07) is 0. The molecule has 0 amide bonds. The van der Waals surface area contributed by atoms with Crippen molar-refractivity contribution in [1.29, 1.82) is 0 Å². The maximum Gasteiger partial charge on any atom is 0.265 e. The molecule has 0 bridgehead atoms. The van der Waals surface area contributed by atoms with E-state index in [0.29, 0.717) is 18.3 Å². The Bertz CT molecular complexity index is 265. The molecule has 12 heavy (non-hydrogen) atoms. The van der Waals surface area contributed by atoms with Crippen LogP contribution in [0.1, 0.15) is 13.3 Å². The molecule has 0 saturated heterocycles. The minimum absolute atomic E-state index is 0.280. The van der Waals surface area contributed by atoms with Crippen molar-refractivity contribution in [2.24, 2.45) is 5.92 Å². The molecule has 0 spiro atoms. The standard InChI is InChI=1S/C7H12O4S/c1-6(4-8)3-7(2)5-12(9,10)11/h4,7H,1,3,5H2,2H3,(H,9,10,11). The van der Waals surface area contributed by atoms with Crippen LogP contribution in [0.25, 0.3) is 0 Å². The van der Waals surface area contributed by atoms with Gasteiger partial charge in [0, 0.05) is 0 Å². The number of aldehydes is 1. The monoisotopic (exact) mass is 192 g/mol. The van der Waals surface area contributed by atoms with Gasteiger partial charge in [0.25, 0.3) is 10.1 Å². The quantitative estimate of drug-likeness (QED) is 0.394. The van der Waals surface area contributed by atoms with Gasteiger partial charge in [-0.3, -0.25) is 9.35 Å². The van der Waals surface area contributed by atoms with Crippen LogP contribution in [0.3, 0.4) is 0 Å². The molecule has 0 rings (SSSR count). The van der Waals surface area contributed by atoms with E-state index in [9.17, 15) is 13.2 Å². The Balaban J connectivity index is 3.99. The third kappa shape index (κ3) is 6.06. The van der Waals surface area contributed by atoms with Crippen molar-refractivity contribution in [1.82, 2.24) is 0 Å². The summed E-state index contributed by atoms with van der Waals surface area (Å²) < 4.78 is 29.1. The molecule has 0 saturated carbocycles. The molecule has 1 unspecified atom stereocenters. The highest BCUT2D eigenvalue weighted by atomic mass is 32.2. The van der Waals surface area contributed by atoms with E-state index in [1.165, 1.54) is 0 Å². The zero-order valence-corrected chi connectivity index (χ0v) is 7.67. The molecule has 0 aliphatic carbocycles. The van der Waals surface area contributed by atoms with E-state index in [2.05, 4.69) is 6.58 Å². The average Bonchev–Trinajstić information content (AvgIpc) is 1.82. The van der Waals surface area contributed by atoms with E-state index in [-0.39, 0.29) is 11.7 Å². The van der Waals surface area contributed by atoms with Gasteiger partial charge in [-0.2, -0.15) is 8.42 Å². The summed E-state index contributed by atoms with van der Waals surface area (Å²) in [6.45, 7) is 5.03. The lowest BCUT2D eigenvalue weighted by Crippen LogP contribution is -2.13. The normalized spacial score (nSPS) is 13.8. The van der Waals surface area contributed by atoms with Crippen LogP contribution in [0.2, 0.25) is 0 Å². The average molecular weight is 192 g/mol. The van der Waals surface area contributed by atoms with Crippen molar-refractivity contribution in [2.75, 3.05) is 5.75 Å². The Labute approximate surface area is 72.0 Å². The van der Waals surface area contributed by atoms with Gasteiger partial charge in [0.05, 0.1) is 5.75 Å². The lowest BCUT2D eigenvalue weighted by atomic mass is 10.1. The number of hydrogen-bond donors (Lipinski definition) is 1. The Kier molecular flexibility index (Phi) is 4.12. The van der Waals surface area contributed by atoms with E-state index < -0.39 is 10.1 Å². The molecular weight excluding hydrogens is 180 g/mol. The van der Waals surface area contributed by atoms with Crippen molar-refractivity contribution < 1.29 is 17.8 Å². The summed E-state index contributed by atoms with van der Waals surface area (Å²) in [5.74, 6) is -0.613. The fourth-order valence-electron chi connectivity index (χ4n) is 0.914. The Morgan fingerprint density at radius 2 is 2.17 bits per heavy atom. The molecule has 1 atom stereocenters. The van der Waals surface area contributed by atoms with Gasteiger partial charge < -0.3 is 0 Å². The topological polar surface area (TPSA) is 71.4 Å². The van der Waals surface area contributed by atoms with Gasteiger partial charge in [0.2, 0.25) is 0 Å². The Morgan fingerprint density at radius 1 is 1.67 bits per heavy atom. The summed E-state index contributed by atoms with van der Waals surface area (Å²) in [5.41, 5.74) is 0.339. The zero-order valence-electron chi connectivity index (χ0n) is 6.86. The lowest BCUT2D eigenvalue weighted by molar-refractivity contribution is -0.105. The highest BCUT2D eigenvalue weighted by molar-refractivity contribution is 7.85. The summed E-state index contributed by atoms with van der Waals surface area (Å²) in [6.07, 6.45) is 0.879. The Hall–Kier alpha value is -0.680. The number of rotatable bonds is 5. The van der Waals surface area contributed by atoms with Crippen molar-refractivity contribution in [3.8, 4) is 0 Å². The molecular formula is C7H12O4S. The second-order valence-corrected chi connectivity index (χ2v) is 4.33. The van der Waals surface area contributed by atoms with Gasteiger partial charge in [-0.05, 0) is 17.9 Å². The molecule has 0 aliphatic rings. The van der Waals surface area contributed by atoms with E-state index in [0.717, 1.165) is 0 Å². The fraction of sp³-hybridized carbons (Fsp3) is 0.571. The van der Waals surface area contributed by atoms with E-state index in [1.807, 2.05) is 0 Å². The van der Waals surface area contributed by atoms with Gasteiger partial charge in [-0.15, -0.1) is 0 Å². The SMILES string of the molecule is C=C(C=O)CC(C)CS(=O)(=O)O. The van der Waals surface area contributed by atoms with Crippen LogP contribution in [0, 0.1) is 5.92 Å². The van der Waals surface area contributed by atoms with Gasteiger partial charge in [0.15, 0.2) is 0 Å². The predicted molar refractivity (Wildman–Crippen MR) is 45.4 cm³/mol. The van der Waals surface area contributed by atoms with Crippen molar-refractivity contribution in [2.45, 2.75) is 13.3 Å². The molecule has 0 fully saturated rings. The minimum atomic E-state index is -3.93. The molecule has 0 aromatic rings. The molecule has 70 valence electrons. The highest BCUT2D eigenvalue weighted by Gasteiger charge is 2.12. The van der Waals surface area contributed by atoms with Gasteiger partial charge in [-0.25, -0.2) is 0 Å². The molecule has 0 aromatic carbocycles. The number of hydrogen-bond acceptors (Lipinski definition) is 3. The number of allylic oxidation sites excluding steroid dienone is 1. The van der Waals surface area contributed by atoms with Crippen LogP contribution in [0.4, 0.5) is 0 Å². The molecule has 4 nitrogen and oxygen atoms in total. The molecule has 0 aromatic heterocycles. The molecule has 5 heteroatoms. The molecule has 0 heterocycles. The third-order valence-corrected chi connectivity index (χ3v) is 2.26. The second-order valence-electron chi connectivity index (χ2n) is 2.83. The highest BCUT2D eigenvalue weighted by Crippen LogP contribution is 2.09. The smallest absolute Gasteiger partial charge is 0.265 e. The first kappa shape index (κ1) is 11.3. The second kappa shape index (κ2) is 4.37. The van der Waals surface area contributed by atoms with Crippen LogP contribution < -0.4 is 0 Å². The zero-order chi connectivity index (χ0) is 9.78. The van der Waals surface area contributed by atoms with Crippen molar-refractivity contribution in [3.63, 3.8) is 0 Å². The summed E-state index contributed by atoms with van der Waals surface area (Å²) in [4.78, 5) is 10.1. The van der Waals surface area contributed by atoms with Crippen LogP contribution in [0.15, 0.2) is 12.2 Å². The largest absolute Gasteiger partial charge is 0.298 e. The Morgan fingerprint density at radius 3 is 2.50 bits per heavy atom. The number of carbonyl (C=O) groups excluding carboxylic acids is 1. The molecule has 0 aliphatic heterocycles. The number of carbonyl (C=O) groups is 1. The van der Waals surface area contributed by atoms with Crippen LogP contribution in [-0.4, -0.2) is 25.0 Å². The van der Waals surface area contributed by atoms with E-state index >= 15 is 0 Å². The van der Waals surface area contributed by atoms with Crippen LogP contribution in [0.5, 0.6) is 0 Å². The molecule has 1 N–H and O–H groups in total. The third-order valence-electron chi connectivity index (χ3n) is 1.27. The van der Waals surface area contributed by atoms with E-state index in [1.54, 1.807) is 6.92 Å². The maximum absolute atomic E-state index is 10.3. The first-order valence-corrected chi connectivity index (χ1v) is 5.04. The van der Waals surface area contributed by atoms with Crippen molar-refractivity contribution >= 4 is 16.4 Å². The van der Waals surface area contributed by atoms with E-state index in [4.69, 9.17) is 4.55 Å². The first-order chi connectivity index (χ1) is 5.35. The first-order valence-electron chi connectivity index (χ1n) is 3.43. The van der Waals surface area contributed by atoms with Gasteiger partial charge in [0.1, 0.15) is 6.29 Å². The van der Waals surface area contributed by atoms with Crippen LogP contribution in [-0.2, 0) is 14.9 Å². The lowest BCUT2D eigenvalue weighted by Gasteiger charge is -2.06.